The Morgan fingerprint density at radius 3 is 3.00 bits per heavy atom. The van der Waals surface area contributed by atoms with Crippen molar-refractivity contribution >= 4 is 22.6 Å². The number of hydrogen-bond donors (Lipinski definition) is 0. The van der Waals surface area contributed by atoms with E-state index in [4.69, 9.17) is 4.74 Å². The monoisotopic (exact) mass is 274 g/mol. The summed E-state index contributed by atoms with van der Waals surface area (Å²) in [7, 11) is 0. The lowest BCUT2D eigenvalue weighted by Crippen LogP contribution is -2.30. The molecule has 2 rings (SSSR count). The zero-order chi connectivity index (χ0) is 8.55. The molecule has 0 unspecified atom stereocenters. The molecule has 0 spiro atoms. The van der Waals surface area contributed by atoms with Crippen molar-refractivity contribution in [3.8, 4) is 5.75 Å². The molecule has 0 fully saturated rings. The van der Waals surface area contributed by atoms with Gasteiger partial charge in [-0.3, -0.25) is 0 Å². The van der Waals surface area contributed by atoms with Gasteiger partial charge in [0.1, 0.15) is 11.9 Å². The SMILES string of the molecule is C[C@@H]1Oc2ccccc2C[C@H]1I. The van der Waals surface area contributed by atoms with E-state index in [-0.39, 0.29) is 0 Å². The molecule has 2 atom stereocenters. The predicted molar refractivity (Wildman–Crippen MR) is 58.0 cm³/mol. The highest BCUT2D eigenvalue weighted by Gasteiger charge is 2.23. The number of ether oxygens (including phenoxy) is 1. The second-order valence-corrected chi connectivity index (χ2v) is 4.75. The van der Waals surface area contributed by atoms with Crippen LogP contribution in [0.15, 0.2) is 24.3 Å². The molecule has 0 radical (unpaired) electrons. The highest BCUT2D eigenvalue weighted by molar-refractivity contribution is 14.1. The van der Waals surface area contributed by atoms with E-state index < -0.39 is 0 Å². The van der Waals surface area contributed by atoms with E-state index in [2.05, 4.69) is 41.6 Å². The summed E-state index contributed by atoms with van der Waals surface area (Å²) in [6, 6.07) is 8.29. The van der Waals surface area contributed by atoms with Gasteiger partial charge in [-0.05, 0) is 25.0 Å². The summed E-state index contributed by atoms with van der Waals surface area (Å²) >= 11 is 2.45. The summed E-state index contributed by atoms with van der Waals surface area (Å²) in [6.45, 7) is 2.13. The highest BCUT2D eigenvalue weighted by Crippen LogP contribution is 2.30. The zero-order valence-corrected chi connectivity index (χ0v) is 9.11. The van der Waals surface area contributed by atoms with Gasteiger partial charge in [0, 0.05) is 0 Å². The average Bonchev–Trinajstić information content (AvgIpc) is 2.07. The first-order valence-corrected chi connectivity index (χ1v) is 5.40. The van der Waals surface area contributed by atoms with Crippen LogP contribution < -0.4 is 4.74 Å². The lowest BCUT2D eigenvalue weighted by molar-refractivity contribution is 0.204. The minimum absolute atomic E-state index is 0.348. The van der Waals surface area contributed by atoms with E-state index in [0.29, 0.717) is 10.0 Å². The quantitative estimate of drug-likeness (QED) is 0.522. The first kappa shape index (κ1) is 8.35. The van der Waals surface area contributed by atoms with Gasteiger partial charge in [-0.25, -0.2) is 0 Å². The van der Waals surface area contributed by atoms with Gasteiger partial charge in [-0.2, -0.15) is 0 Å². The first-order chi connectivity index (χ1) is 5.77. The van der Waals surface area contributed by atoms with E-state index in [1.807, 2.05) is 12.1 Å². The van der Waals surface area contributed by atoms with Gasteiger partial charge in [-0.15, -0.1) is 0 Å². The topological polar surface area (TPSA) is 9.23 Å². The Labute approximate surface area is 86.3 Å². The minimum Gasteiger partial charge on any atom is -0.489 e. The third kappa shape index (κ3) is 1.44. The van der Waals surface area contributed by atoms with Crippen LogP contribution >= 0.6 is 22.6 Å². The molecule has 1 aliphatic rings. The molecule has 0 bridgehead atoms. The number of para-hydroxylation sites is 1. The largest absolute Gasteiger partial charge is 0.489 e. The summed E-state index contributed by atoms with van der Waals surface area (Å²) in [6.07, 6.45) is 1.48. The zero-order valence-electron chi connectivity index (χ0n) is 6.96. The van der Waals surface area contributed by atoms with Crippen LogP contribution in [0.5, 0.6) is 5.75 Å². The summed E-state index contributed by atoms with van der Waals surface area (Å²) in [5.74, 6) is 1.07. The Balaban J connectivity index is 2.34. The fourth-order valence-electron chi connectivity index (χ4n) is 1.44. The molecule has 64 valence electrons. The summed E-state index contributed by atoms with van der Waals surface area (Å²) in [5, 5.41) is 0. The van der Waals surface area contributed by atoms with Crippen LogP contribution in [0.2, 0.25) is 0 Å². The third-order valence-corrected chi connectivity index (χ3v) is 3.66. The van der Waals surface area contributed by atoms with Crippen molar-refractivity contribution in [3.05, 3.63) is 29.8 Å². The molecule has 0 aliphatic carbocycles. The number of benzene rings is 1. The van der Waals surface area contributed by atoms with Crippen LogP contribution in [0.1, 0.15) is 12.5 Å². The van der Waals surface area contributed by atoms with Crippen LogP contribution in [-0.4, -0.2) is 10.0 Å². The van der Waals surface area contributed by atoms with Gasteiger partial charge in [0.05, 0.1) is 3.92 Å². The maximum Gasteiger partial charge on any atom is 0.122 e. The van der Waals surface area contributed by atoms with Gasteiger partial charge in [-0.1, -0.05) is 40.8 Å². The van der Waals surface area contributed by atoms with E-state index in [1.54, 1.807) is 0 Å². The molecule has 1 aliphatic heterocycles. The summed E-state index contributed by atoms with van der Waals surface area (Å²) < 4.78 is 6.35. The molecular weight excluding hydrogens is 263 g/mol. The fourth-order valence-corrected chi connectivity index (χ4v) is 2.06. The van der Waals surface area contributed by atoms with Gasteiger partial charge < -0.3 is 4.74 Å². The lowest BCUT2D eigenvalue weighted by atomic mass is 10.0. The van der Waals surface area contributed by atoms with Gasteiger partial charge in [0.15, 0.2) is 0 Å². The Kier molecular flexibility index (Phi) is 2.26. The lowest BCUT2D eigenvalue weighted by Gasteiger charge is -2.27. The van der Waals surface area contributed by atoms with Crippen LogP contribution in [-0.2, 0) is 6.42 Å². The predicted octanol–water partition coefficient (Wildman–Crippen LogP) is 2.81. The number of rotatable bonds is 0. The van der Waals surface area contributed by atoms with Crippen molar-refractivity contribution < 1.29 is 4.74 Å². The van der Waals surface area contributed by atoms with Crippen molar-refractivity contribution in [1.29, 1.82) is 0 Å². The van der Waals surface area contributed by atoms with Gasteiger partial charge in [0.25, 0.3) is 0 Å². The third-order valence-electron chi connectivity index (χ3n) is 2.21. The number of alkyl halides is 1. The Bertz CT molecular complexity index is 256. The van der Waals surface area contributed by atoms with Crippen LogP contribution in [0.3, 0.4) is 0 Å². The number of hydrogen-bond acceptors (Lipinski definition) is 1. The molecule has 1 nitrogen and oxygen atoms in total. The molecular formula is C10H11IO. The molecule has 1 aromatic rings. The smallest absolute Gasteiger partial charge is 0.122 e. The number of halogens is 1. The van der Waals surface area contributed by atoms with Crippen molar-refractivity contribution in [1.82, 2.24) is 0 Å². The molecule has 0 saturated heterocycles. The van der Waals surface area contributed by atoms with E-state index in [1.165, 1.54) is 5.56 Å². The Morgan fingerprint density at radius 1 is 1.42 bits per heavy atom. The highest BCUT2D eigenvalue weighted by atomic mass is 127. The summed E-state index contributed by atoms with van der Waals surface area (Å²) in [5.41, 5.74) is 1.34. The molecule has 1 aromatic carbocycles. The van der Waals surface area contributed by atoms with E-state index in [9.17, 15) is 0 Å². The van der Waals surface area contributed by atoms with E-state index in [0.717, 1.165) is 12.2 Å². The fraction of sp³-hybridized carbons (Fsp3) is 0.400. The second-order valence-electron chi connectivity index (χ2n) is 3.15. The minimum atomic E-state index is 0.348. The first-order valence-electron chi connectivity index (χ1n) is 4.16. The van der Waals surface area contributed by atoms with Gasteiger partial charge >= 0.3 is 0 Å². The molecule has 1 heterocycles. The normalized spacial score (nSPS) is 27.5. The van der Waals surface area contributed by atoms with Crippen LogP contribution in [0.4, 0.5) is 0 Å². The van der Waals surface area contributed by atoms with Crippen molar-refractivity contribution in [3.63, 3.8) is 0 Å². The molecule has 0 N–H and O–H groups in total. The molecule has 0 amide bonds. The average molecular weight is 274 g/mol. The molecule has 12 heavy (non-hydrogen) atoms. The Hall–Kier alpha value is -0.250. The van der Waals surface area contributed by atoms with Crippen molar-refractivity contribution in [2.45, 2.75) is 23.4 Å². The summed E-state index contributed by atoms with van der Waals surface area (Å²) in [4.78, 5) is 0. The molecule has 2 heteroatoms. The van der Waals surface area contributed by atoms with Crippen LogP contribution in [0, 0.1) is 0 Å². The van der Waals surface area contributed by atoms with Crippen molar-refractivity contribution in [2.24, 2.45) is 0 Å². The van der Waals surface area contributed by atoms with Gasteiger partial charge in [0.2, 0.25) is 0 Å². The van der Waals surface area contributed by atoms with E-state index >= 15 is 0 Å². The standard InChI is InChI=1S/C10H11IO/c1-7-9(11)6-8-4-2-3-5-10(8)12-7/h2-5,7,9H,6H2,1H3/t7-,9+/m0/s1. The molecule has 0 aromatic heterocycles. The van der Waals surface area contributed by atoms with Crippen molar-refractivity contribution in [2.75, 3.05) is 0 Å². The Morgan fingerprint density at radius 2 is 2.17 bits per heavy atom. The number of fused-ring (bicyclic) bond motifs is 1. The maximum absolute atomic E-state index is 5.74. The second kappa shape index (κ2) is 3.24. The maximum atomic E-state index is 5.74. The molecule has 0 saturated carbocycles. The van der Waals surface area contributed by atoms with Crippen LogP contribution in [0.25, 0.3) is 0 Å².